The summed E-state index contributed by atoms with van der Waals surface area (Å²) in [6.07, 6.45) is 2.63. The fourth-order valence-corrected chi connectivity index (χ4v) is 3.35. The monoisotopic (exact) mass is 356 g/mol. The molecule has 0 bridgehead atoms. The van der Waals surface area contributed by atoms with Crippen LogP contribution in [0.1, 0.15) is 18.4 Å². The number of benzene rings is 1. The van der Waals surface area contributed by atoms with Crippen LogP contribution in [0.15, 0.2) is 16.6 Å². The van der Waals surface area contributed by atoms with Crippen molar-refractivity contribution >= 4 is 15.9 Å². The zero-order chi connectivity index (χ0) is 15.2. The Hall–Kier alpha value is -0.780. The third kappa shape index (κ3) is 4.59. The minimum absolute atomic E-state index is 0.752. The average molecular weight is 357 g/mol. The molecule has 0 radical (unpaired) electrons. The zero-order valence-corrected chi connectivity index (χ0v) is 14.7. The summed E-state index contributed by atoms with van der Waals surface area (Å²) in [4.78, 5) is 2.42. The standard InChI is InChI=1S/C16H25BrN2O2/c1-19-6-4-5-12(11-19)9-18-10-13-7-15(20-2)16(21-3)8-14(13)17/h7-8,12,18H,4-6,9-11H2,1-3H3. The summed E-state index contributed by atoms with van der Waals surface area (Å²) in [6.45, 7) is 4.32. The molecule has 1 unspecified atom stereocenters. The minimum Gasteiger partial charge on any atom is -0.493 e. The van der Waals surface area contributed by atoms with Crippen LogP contribution in [-0.2, 0) is 6.54 Å². The van der Waals surface area contributed by atoms with E-state index in [9.17, 15) is 0 Å². The molecule has 5 heteroatoms. The van der Waals surface area contributed by atoms with E-state index in [4.69, 9.17) is 9.47 Å². The second kappa shape index (κ2) is 8.01. The van der Waals surface area contributed by atoms with Crippen molar-refractivity contribution in [1.29, 1.82) is 0 Å². The number of methoxy groups -OCH3 is 2. The van der Waals surface area contributed by atoms with Gasteiger partial charge in [-0.3, -0.25) is 0 Å². The van der Waals surface area contributed by atoms with Crippen LogP contribution < -0.4 is 14.8 Å². The van der Waals surface area contributed by atoms with E-state index in [-0.39, 0.29) is 0 Å². The summed E-state index contributed by atoms with van der Waals surface area (Å²) in [5.74, 6) is 2.28. The minimum atomic E-state index is 0.752. The lowest BCUT2D eigenvalue weighted by atomic mass is 9.98. The van der Waals surface area contributed by atoms with E-state index in [1.54, 1.807) is 14.2 Å². The average Bonchev–Trinajstić information content (AvgIpc) is 2.48. The van der Waals surface area contributed by atoms with E-state index in [1.165, 1.54) is 31.5 Å². The predicted octanol–water partition coefficient (Wildman–Crippen LogP) is 2.90. The number of ether oxygens (including phenoxy) is 2. The van der Waals surface area contributed by atoms with Gasteiger partial charge in [0.2, 0.25) is 0 Å². The van der Waals surface area contributed by atoms with Crippen molar-refractivity contribution in [3.05, 3.63) is 22.2 Å². The summed E-state index contributed by atoms with van der Waals surface area (Å²) < 4.78 is 11.7. The van der Waals surface area contributed by atoms with E-state index in [0.717, 1.165) is 35.0 Å². The maximum absolute atomic E-state index is 5.36. The highest BCUT2D eigenvalue weighted by atomic mass is 79.9. The van der Waals surface area contributed by atoms with Crippen molar-refractivity contribution in [2.75, 3.05) is 40.9 Å². The molecular weight excluding hydrogens is 332 g/mol. The van der Waals surface area contributed by atoms with Crippen LogP contribution in [0, 0.1) is 5.92 Å². The van der Waals surface area contributed by atoms with Gasteiger partial charge >= 0.3 is 0 Å². The molecule has 0 aliphatic carbocycles. The molecule has 1 heterocycles. The molecule has 1 aliphatic rings. The Kier molecular flexibility index (Phi) is 6.33. The molecule has 1 fully saturated rings. The zero-order valence-electron chi connectivity index (χ0n) is 13.1. The smallest absolute Gasteiger partial charge is 0.161 e. The molecular formula is C16H25BrN2O2. The van der Waals surface area contributed by atoms with E-state index >= 15 is 0 Å². The summed E-state index contributed by atoms with van der Waals surface area (Å²) in [5, 5.41) is 3.57. The number of likely N-dealkylation sites (tertiary alicyclic amines) is 1. The van der Waals surface area contributed by atoms with Crippen LogP contribution in [0.25, 0.3) is 0 Å². The van der Waals surface area contributed by atoms with Crippen LogP contribution in [0.5, 0.6) is 11.5 Å². The summed E-state index contributed by atoms with van der Waals surface area (Å²) in [5.41, 5.74) is 1.19. The molecule has 21 heavy (non-hydrogen) atoms. The topological polar surface area (TPSA) is 33.7 Å². The third-order valence-electron chi connectivity index (χ3n) is 4.02. The summed E-state index contributed by atoms with van der Waals surface area (Å²) in [7, 11) is 5.53. The van der Waals surface area contributed by atoms with Crippen LogP contribution in [-0.4, -0.2) is 45.8 Å². The molecule has 1 atom stereocenters. The highest BCUT2D eigenvalue weighted by molar-refractivity contribution is 9.10. The van der Waals surface area contributed by atoms with Crippen LogP contribution >= 0.6 is 15.9 Å². The lowest BCUT2D eigenvalue weighted by molar-refractivity contribution is 0.206. The molecule has 0 amide bonds. The first-order chi connectivity index (χ1) is 10.1. The van der Waals surface area contributed by atoms with Gasteiger partial charge in [0.25, 0.3) is 0 Å². The molecule has 0 aromatic heterocycles. The maximum atomic E-state index is 5.36. The molecule has 118 valence electrons. The van der Waals surface area contributed by atoms with E-state index < -0.39 is 0 Å². The Morgan fingerprint density at radius 3 is 2.67 bits per heavy atom. The third-order valence-corrected chi connectivity index (χ3v) is 4.76. The van der Waals surface area contributed by atoms with Gasteiger partial charge in [-0.1, -0.05) is 15.9 Å². The molecule has 1 saturated heterocycles. The van der Waals surface area contributed by atoms with Crippen molar-refractivity contribution in [3.8, 4) is 11.5 Å². The number of rotatable bonds is 6. The van der Waals surface area contributed by atoms with Crippen LogP contribution in [0.3, 0.4) is 0 Å². The highest BCUT2D eigenvalue weighted by Crippen LogP contribution is 2.33. The maximum Gasteiger partial charge on any atom is 0.161 e. The van der Waals surface area contributed by atoms with Gasteiger partial charge in [0, 0.05) is 17.6 Å². The van der Waals surface area contributed by atoms with Crippen LogP contribution in [0.4, 0.5) is 0 Å². The molecule has 4 nitrogen and oxygen atoms in total. The second-order valence-corrected chi connectivity index (χ2v) is 6.55. The molecule has 0 spiro atoms. The van der Waals surface area contributed by atoms with Gasteiger partial charge in [-0.15, -0.1) is 0 Å². The van der Waals surface area contributed by atoms with Gasteiger partial charge < -0.3 is 19.7 Å². The SMILES string of the molecule is COc1cc(Br)c(CNCC2CCCN(C)C2)cc1OC. The summed E-state index contributed by atoms with van der Waals surface area (Å²) >= 11 is 3.60. The van der Waals surface area contributed by atoms with E-state index in [1.807, 2.05) is 12.1 Å². The fraction of sp³-hybridized carbons (Fsp3) is 0.625. The number of hydrogen-bond donors (Lipinski definition) is 1. The van der Waals surface area contributed by atoms with E-state index in [2.05, 4.69) is 33.2 Å². The van der Waals surface area contributed by atoms with Crippen molar-refractivity contribution < 1.29 is 9.47 Å². The molecule has 1 aromatic rings. The Morgan fingerprint density at radius 2 is 2.00 bits per heavy atom. The lowest BCUT2D eigenvalue weighted by Crippen LogP contribution is -2.37. The molecule has 1 aromatic carbocycles. The van der Waals surface area contributed by atoms with Gasteiger partial charge in [-0.2, -0.15) is 0 Å². The Balaban J connectivity index is 1.90. The second-order valence-electron chi connectivity index (χ2n) is 5.70. The van der Waals surface area contributed by atoms with Crippen molar-refractivity contribution in [2.24, 2.45) is 5.92 Å². The van der Waals surface area contributed by atoms with Crippen molar-refractivity contribution in [1.82, 2.24) is 10.2 Å². The molecule has 1 aliphatic heterocycles. The molecule has 1 N–H and O–H groups in total. The summed E-state index contributed by atoms with van der Waals surface area (Å²) in [6, 6.07) is 3.99. The highest BCUT2D eigenvalue weighted by Gasteiger charge is 2.17. The number of nitrogens with one attached hydrogen (secondary N) is 1. The quantitative estimate of drug-likeness (QED) is 0.849. The van der Waals surface area contributed by atoms with Crippen molar-refractivity contribution in [3.63, 3.8) is 0 Å². The lowest BCUT2D eigenvalue weighted by Gasteiger charge is -2.29. The Labute approximate surface area is 135 Å². The van der Waals surface area contributed by atoms with Crippen molar-refractivity contribution in [2.45, 2.75) is 19.4 Å². The number of nitrogens with zero attached hydrogens (tertiary/aromatic N) is 1. The van der Waals surface area contributed by atoms with E-state index in [0.29, 0.717) is 0 Å². The number of halogens is 1. The van der Waals surface area contributed by atoms with Gasteiger partial charge in [-0.25, -0.2) is 0 Å². The van der Waals surface area contributed by atoms with Gasteiger partial charge in [0.05, 0.1) is 14.2 Å². The molecule has 2 rings (SSSR count). The number of hydrogen-bond acceptors (Lipinski definition) is 4. The van der Waals surface area contributed by atoms with Gasteiger partial charge in [0.15, 0.2) is 11.5 Å². The van der Waals surface area contributed by atoms with Gasteiger partial charge in [-0.05, 0) is 56.6 Å². The first-order valence-corrected chi connectivity index (χ1v) is 8.23. The van der Waals surface area contributed by atoms with Gasteiger partial charge in [0.1, 0.15) is 0 Å². The predicted molar refractivity (Wildman–Crippen MR) is 89.2 cm³/mol. The largest absolute Gasteiger partial charge is 0.493 e. The normalized spacial score (nSPS) is 19.5. The molecule has 0 saturated carbocycles. The fourth-order valence-electron chi connectivity index (χ4n) is 2.88. The number of piperidine rings is 1. The Bertz CT molecular complexity index is 468. The van der Waals surface area contributed by atoms with Crippen LogP contribution in [0.2, 0.25) is 0 Å². The first kappa shape index (κ1) is 16.6. The Morgan fingerprint density at radius 1 is 1.29 bits per heavy atom. The first-order valence-electron chi connectivity index (χ1n) is 7.43.